The molecule has 0 radical (unpaired) electrons. The Labute approximate surface area is 139 Å². The summed E-state index contributed by atoms with van der Waals surface area (Å²) >= 11 is 0. The maximum Gasteiger partial charge on any atom is 0.246 e. The number of nitrogens with one attached hydrogen (secondary N) is 2. The molecule has 3 aromatic rings. The predicted octanol–water partition coefficient (Wildman–Crippen LogP) is 2.46. The molecule has 2 aromatic heterocycles. The highest BCUT2D eigenvalue weighted by Crippen LogP contribution is 2.21. The summed E-state index contributed by atoms with van der Waals surface area (Å²) in [6.45, 7) is 3.02. The first-order chi connectivity index (χ1) is 11.5. The Bertz CT molecular complexity index is 850. The van der Waals surface area contributed by atoms with Crippen molar-refractivity contribution in [2.24, 2.45) is 0 Å². The summed E-state index contributed by atoms with van der Waals surface area (Å²) in [6, 6.07) is 12.7. The first-order valence-electron chi connectivity index (χ1n) is 7.65. The van der Waals surface area contributed by atoms with E-state index in [9.17, 15) is 9.59 Å². The summed E-state index contributed by atoms with van der Waals surface area (Å²) in [5.41, 5.74) is 3.39. The largest absolute Gasteiger partial charge is 0.345 e. The molecule has 0 spiro atoms. The lowest BCUT2D eigenvalue weighted by atomic mass is 10.1. The van der Waals surface area contributed by atoms with E-state index < -0.39 is 6.04 Å². The van der Waals surface area contributed by atoms with Crippen molar-refractivity contribution in [2.45, 2.75) is 19.9 Å². The van der Waals surface area contributed by atoms with E-state index >= 15 is 0 Å². The van der Waals surface area contributed by atoms with Gasteiger partial charge in [0.2, 0.25) is 11.8 Å². The molecule has 0 saturated carbocycles. The summed E-state index contributed by atoms with van der Waals surface area (Å²) in [4.78, 5) is 27.5. The Hall–Kier alpha value is -3.15. The van der Waals surface area contributed by atoms with Crippen molar-refractivity contribution < 1.29 is 9.59 Å². The zero-order chi connectivity index (χ0) is 17.1. The van der Waals surface area contributed by atoms with Gasteiger partial charge in [-0.3, -0.25) is 9.59 Å². The highest BCUT2D eigenvalue weighted by atomic mass is 16.2. The molecule has 122 valence electrons. The molecule has 1 atom stereocenters. The molecule has 0 saturated heterocycles. The number of fused-ring (bicyclic) bond motifs is 1. The number of amides is 2. The van der Waals surface area contributed by atoms with Crippen molar-refractivity contribution in [3.05, 3.63) is 54.9 Å². The van der Waals surface area contributed by atoms with E-state index in [1.165, 1.54) is 6.92 Å². The molecule has 0 aliphatic rings. The summed E-state index contributed by atoms with van der Waals surface area (Å²) in [7, 11) is 0. The number of hydrogen-bond donors (Lipinski definition) is 2. The number of rotatable bonds is 4. The fourth-order valence-corrected chi connectivity index (χ4v) is 2.42. The average Bonchev–Trinajstić information content (AvgIpc) is 2.99. The zero-order valence-corrected chi connectivity index (χ0v) is 13.5. The molecule has 0 bridgehead atoms. The standard InChI is InChI=1S/C18H18N4O2/c1-12(19-13(2)23)18(24)20-15-8-6-14(7-9-15)16-11-22-10-4-3-5-17(22)21-16/h3-12H,1-2H3,(H,19,23)(H,20,24). The van der Waals surface area contributed by atoms with E-state index in [1.54, 1.807) is 6.92 Å². The molecule has 2 heterocycles. The van der Waals surface area contributed by atoms with Gasteiger partial charge in [-0.15, -0.1) is 0 Å². The van der Waals surface area contributed by atoms with Gasteiger partial charge in [-0.1, -0.05) is 18.2 Å². The van der Waals surface area contributed by atoms with Gasteiger partial charge in [0, 0.05) is 30.6 Å². The third kappa shape index (κ3) is 3.43. The SMILES string of the molecule is CC(=O)NC(C)C(=O)Nc1ccc(-c2cn3ccccc3n2)cc1. The third-order valence-electron chi connectivity index (χ3n) is 3.63. The molecule has 1 unspecified atom stereocenters. The van der Waals surface area contributed by atoms with Crippen molar-refractivity contribution in [1.29, 1.82) is 0 Å². The number of imidazole rings is 1. The molecule has 6 heteroatoms. The van der Waals surface area contributed by atoms with Gasteiger partial charge >= 0.3 is 0 Å². The van der Waals surface area contributed by atoms with Gasteiger partial charge in [0.05, 0.1) is 5.69 Å². The van der Waals surface area contributed by atoms with Gasteiger partial charge in [0.1, 0.15) is 11.7 Å². The number of aromatic nitrogens is 2. The lowest BCUT2D eigenvalue weighted by Crippen LogP contribution is -2.40. The van der Waals surface area contributed by atoms with Crippen LogP contribution in [0.4, 0.5) is 5.69 Å². The number of benzene rings is 1. The lowest BCUT2D eigenvalue weighted by molar-refractivity contribution is -0.124. The van der Waals surface area contributed by atoms with Crippen molar-refractivity contribution in [3.63, 3.8) is 0 Å². The molecule has 24 heavy (non-hydrogen) atoms. The summed E-state index contributed by atoms with van der Waals surface area (Å²) in [5.74, 6) is -0.495. The molecule has 2 amide bonds. The highest BCUT2D eigenvalue weighted by Gasteiger charge is 2.13. The second-order valence-corrected chi connectivity index (χ2v) is 5.58. The summed E-state index contributed by atoms with van der Waals surface area (Å²) in [5, 5.41) is 5.32. The second-order valence-electron chi connectivity index (χ2n) is 5.58. The minimum Gasteiger partial charge on any atom is -0.345 e. The molecule has 0 fully saturated rings. The van der Waals surface area contributed by atoms with Crippen LogP contribution in [0.3, 0.4) is 0 Å². The maximum absolute atomic E-state index is 12.0. The molecular weight excluding hydrogens is 304 g/mol. The first kappa shape index (κ1) is 15.7. The van der Waals surface area contributed by atoms with Gasteiger partial charge in [0.25, 0.3) is 0 Å². The van der Waals surface area contributed by atoms with E-state index in [0.717, 1.165) is 16.9 Å². The van der Waals surface area contributed by atoms with Crippen LogP contribution in [-0.2, 0) is 9.59 Å². The fourth-order valence-electron chi connectivity index (χ4n) is 2.42. The Balaban J connectivity index is 1.73. The Morgan fingerprint density at radius 1 is 1.12 bits per heavy atom. The fraction of sp³-hybridized carbons (Fsp3) is 0.167. The van der Waals surface area contributed by atoms with Crippen LogP contribution in [-0.4, -0.2) is 27.2 Å². The highest BCUT2D eigenvalue weighted by molar-refractivity contribution is 5.96. The van der Waals surface area contributed by atoms with E-state index in [-0.39, 0.29) is 11.8 Å². The Kier molecular flexibility index (Phi) is 4.29. The van der Waals surface area contributed by atoms with E-state index in [1.807, 2.05) is 59.3 Å². The first-order valence-corrected chi connectivity index (χ1v) is 7.65. The minimum atomic E-state index is -0.583. The molecule has 6 nitrogen and oxygen atoms in total. The number of carbonyl (C=O) groups excluding carboxylic acids is 2. The van der Waals surface area contributed by atoms with Crippen LogP contribution in [0.25, 0.3) is 16.9 Å². The third-order valence-corrected chi connectivity index (χ3v) is 3.63. The van der Waals surface area contributed by atoms with E-state index in [4.69, 9.17) is 0 Å². The van der Waals surface area contributed by atoms with Crippen molar-refractivity contribution >= 4 is 23.1 Å². The predicted molar refractivity (Wildman–Crippen MR) is 92.5 cm³/mol. The zero-order valence-electron chi connectivity index (χ0n) is 13.5. The van der Waals surface area contributed by atoms with Gasteiger partial charge in [-0.05, 0) is 31.2 Å². The van der Waals surface area contributed by atoms with Crippen LogP contribution in [0.2, 0.25) is 0 Å². The smallest absolute Gasteiger partial charge is 0.246 e. The molecule has 3 rings (SSSR count). The summed E-state index contributed by atoms with van der Waals surface area (Å²) in [6.07, 6.45) is 3.91. The van der Waals surface area contributed by atoms with Crippen molar-refractivity contribution in [3.8, 4) is 11.3 Å². The van der Waals surface area contributed by atoms with Crippen LogP contribution < -0.4 is 10.6 Å². The monoisotopic (exact) mass is 322 g/mol. The average molecular weight is 322 g/mol. The molecule has 1 aromatic carbocycles. The van der Waals surface area contributed by atoms with Crippen LogP contribution in [0.5, 0.6) is 0 Å². The van der Waals surface area contributed by atoms with Crippen molar-refractivity contribution in [2.75, 3.05) is 5.32 Å². The quantitative estimate of drug-likeness (QED) is 0.775. The number of hydrogen-bond acceptors (Lipinski definition) is 3. The van der Waals surface area contributed by atoms with Gasteiger partial charge < -0.3 is 15.0 Å². The summed E-state index contributed by atoms with van der Waals surface area (Å²) < 4.78 is 1.96. The Morgan fingerprint density at radius 3 is 2.54 bits per heavy atom. The van der Waals surface area contributed by atoms with Crippen LogP contribution >= 0.6 is 0 Å². The van der Waals surface area contributed by atoms with E-state index in [2.05, 4.69) is 15.6 Å². The van der Waals surface area contributed by atoms with Crippen LogP contribution in [0.15, 0.2) is 54.9 Å². The van der Waals surface area contributed by atoms with Crippen molar-refractivity contribution in [1.82, 2.24) is 14.7 Å². The van der Waals surface area contributed by atoms with Gasteiger partial charge in [-0.2, -0.15) is 0 Å². The number of nitrogens with zero attached hydrogens (tertiary/aromatic N) is 2. The van der Waals surface area contributed by atoms with Crippen LogP contribution in [0.1, 0.15) is 13.8 Å². The molecule has 0 aliphatic heterocycles. The molecule has 2 N–H and O–H groups in total. The normalized spacial score (nSPS) is 11.9. The van der Waals surface area contributed by atoms with Crippen LogP contribution in [0, 0.1) is 0 Å². The molecule has 0 aliphatic carbocycles. The number of pyridine rings is 1. The van der Waals surface area contributed by atoms with Gasteiger partial charge in [0.15, 0.2) is 0 Å². The minimum absolute atomic E-state index is 0.236. The number of anilines is 1. The van der Waals surface area contributed by atoms with Gasteiger partial charge in [-0.25, -0.2) is 4.98 Å². The van der Waals surface area contributed by atoms with E-state index in [0.29, 0.717) is 5.69 Å². The second kappa shape index (κ2) is 6.54. The number of carbonyl (C=O) groups is 2. The topological polar surface area (TPSA) is 75.5 Å². The molecular formula is C18H18N4O2. The lowest BCUT2D eigenvalue weighted by Gasteiger charge is -2.12. The Morgan fingerprint density at radius 2 is 1.88 bits per heavy atom. The maximum atomic E-state index is 12.0.